The average Bonchev–Trinajstić information content (AvgIpc) is 2.40. The highest BCUT2D eigenvalue weighted by Crippen LogP contribution is 2.35. The zero-order valence-corrected chi connectivity index (χ0v) is 9.95. The Kier molecular flexibility index (Phi) is 3.42. The molecule has 86 valence electrons. The normalized spacial score (nSPS) is 20.7. The molecule has 0 amide bonds. The summed E-state index contributed by atoms with van der Waals surface area (Å²) >= 11 is 0. The molecule has 2 rings (SSSR count). The summed E-state index contributed by atoms with van der Waals surface area (Å²) in [6.07, 6.45) is 0.0872. The maximum absolute atomic E-state index is 10.9. The first kappa shape index (κ1) is 11.4. The van der Waals surface area contributed by atoms with E-state index in [1.807, 2.05) is 28.9 Å². The van der Waals surface area contributed by atoms with Crippen molar-refractivity contribution in [1.82, 2.24) is 4.67 Å². The van der Waals surface area contributed by atoms with Crippen LogP contribution in [0.15, 0.2) is 24.3 Å². The van der Waals surface area contributed by atoms with Crippen LogP contribution in [0.1, 0.15) is 18.0 Å². The predicted molar refractivity (Wildman–Crippen MR) is 63.3 cm³/mol. The van der Waals surface area contributed by atoms with Gasteiger partial charge in [0, 0.05) is 12.1 Å². The Bertz CT molecular complexity index is 397. The summed E-state index contributed by atoms with van der Waals surface area (Å²) in [5, 5.41) is 8.92. The molecule has 1 heterocycles. The van der Waals surface area contributed by atoms with Gasteiger partial charge in [-0.1, -0.05) is 27.6 Å². The van der Waals surface area contributed by atoms with Crippen LogP contribution in [0.25, 0.3) is 0 Å². The van der Waals surface area contributed by atoms with Crippen molar-refractivity contribution < 1.29 is 14.6 Å². The molecule has 4 nitrogen and oxygen atoms in total. The maximum atomic E-state index is 10.9. The van der Waals surface area contributed by atoms with E-state index in [0.717, 1.165) is 11.3 Å². The highest BCUT2D eigenvalue weighted by atomic mass is 31.0. The summed E-state index contributed by atoms with van der Waals surface area (Å²) in [6.45, 7) is 1.29. The van der Waals surface area contributed by atoms with Gasteiger partial charge in [0.25, 0.3) is 0 Å². The molecule has 0 bridgehead atoms. The van der Waals surface area contributed by atoms with Crippen LogP contribution < -0.4 is 4.74 Å². The number of hydrogen-bond acceptors (Lipinski definition) is 3. The van der Waals surface area contributed by atoms with Crippen LogP contribution in [0, 0.1) is 0 Å². The van der Waals surface area contributed by atoms with Gasteiger partial charge in [0.2, 0.25) is 0 Å². The fraction of sp³-hybridized carbons (Fsp3) is 0.364. The zero-order chi connectivity index (χ0) is 11.5. The SMILES string of the molecule is O=C(O)CC1c2ccccc2OCCN1P. The molecule has 1 aromatic rings. The molecule has 5 heteroatoms. The van der Waals surface area contributed by atoms with Crippen LogP contribution in [0.3, 0.4) is 0 Å². The van der Waals surface area contributed by atoms with E-state index in [1.165, 1.54) is 0 Å². The van der Waals surface area contributed by atoms with E-state index in [4.69, 9.17) is 9.84 Å². The van der Waals surface area contributed by atoms with Crippen molar-refractivity contribution in [2.45, 2.75) is 12.5 Å². The van der Waals surface area contributed by atoms with Crippen molar-refractivity contribution >= 4 is 15.4 Å². The van der Waals surface area contributed by atoms with Crippen LogP contribution in [0.2, 0.25) is 0 Å². The number of para-hydroxylation sites is 1. The van der Waals surface area contributed by atoms with E-state index >= 15 is 0 Å². The molecule has 0 saturated carbocycles. The van der Waals surface area contributed by atoms with Crippen molar-refractivity contribution in [2.24, 2.45) is 0 Å². The number of carboxylic acid groups (broad SMARTS) is 1. The summed E-state index contributed by atoms with van der Waals surface area (Å²) in [5.74, 6) is -0.00662. The number of hydrogen-bond donors (Lipinski definition) is 1. The Labute approximate surface area is 96.5 Å². The van der Waals surface area contributed by atoms with Crippen molar-refractivity contribution in [3.05, 3.63) is 29.8 Å². The number of carbonyl (C=O) groups is 1. The lowest BCUT2D eigenvalue weighted by Gasteiger charge is -2.23. The third-order valence-corrected chi connectivity index (χ3v) is 3.27. The van der Waals surface area contributed by atoms with E-state index in [0.29, 0.717) is 13.2 Å². The Hall–Kier alpha value is -1.12. The second-order valence-electron chi connectivity index (χ2n) is 3.74. The molecule has 0 aliphatic carbocycles. The Balaban J connectivity index is 2.35. The van der Waals surface area contributed by atoms with Gasteiger partial charge in [-0.3, -0.25) is 9.46 Å². The number of fused-ring (bicyclic) bond motifs is 1. The topological polar surface area (TPSA) is 49.8 Å². The second kappa shape index (κ2) is 4.81. The largest absolute Gasteiger partial charge is 0.492 e. The van der Waals surface area contributed by atoms with Crippen molar-refractivity contribution in [3.63, 3.8) is 0 Å². The molecule has 1 N–H and O–H groups in total. The number of benzene rings is 1. The van der Waals surface area contributed by atoms with E-state index in [9.17, 15) is 4.79 Å². The summed E-state index contributed by atoms with van der Waals surface area (Å²) in [7, 11) is 2.58. The van der Waals surface area contributed by atoms with Gasteiger partial charge >= 0.3 is 5.97 Å². The smallest absolute Gasteiger partial charge is 0.305 e. The molecule has 0 saturated heterocycles. The highest BCUT2D eigenvalue weighted by Gasteiger charge is 2.25. The molecule has 0 spiro atoms. The van der Waals surface area contributed by atoms with Crippen LogP contribution in [0.5, 0.6) is 5.75 Å². The van der Waals surface area contributed by atoms with Gasteiger partial charge in [-0.2, -0.15) is 0 Å². The Morgan fingerprint density at radius 3 is 3.06 bits per heavy atom. The highest BCUT2D eigenvalue weighted by molar-refractivity contribution is 7.13. The molecule has 1 aliphatic heterocycles. The number of aliphatic carboxylic acids is 1. The lowest BCUT2D eigenvalue weighted by atomic mass is 10.0. The fourth-order valence-electron chi connectivity index (χ4n) is 1.88. The van der Waals surface area contributed by atoms with Gasteiger partial charge in [0.1, 0.15) is 12.4 Å². The van der Waals surface area contributed by atoms with Gasteiger partial charge < -0.3 is 9.84 Å². The first-order valence-corrected chi connectivity index (χ1v) is 5.65. The van der Waals surface area contributed by atoms with Gasteiger partial charge in [0.15, 0.2) is 0 Å². The van der Waals surface area contributed by atoms with Crippen molar-refractivity contribution in [1.29, 1.82) is 0 Å². The monoisotopic (exact) mass is 239 g/mol. The summed E-state index contributed by atoms with van der Waals surface area (Å²) in [6, 6.07) is 7.47. The number of carboxylic acids is 1. The molecule has 16 heavy (non-hydrogen) atoms. The number of rotatable bonds is 2. The van der Waals surface area contributed by atoms with E-state index in [2.05, 4.69) is 9.39 Å². The summed E-state index contributed by atoms with van der Waals surface area (Å²) in [5.41, 5.74) is 0.942. The molecule has 1 aliphatic rings. The summed E-state index contributed by atoms with van der Waals surface area (Å²) < 4.78 is 7.53. The molecule has 0 aromatic heterocycles. The minimum Gasteiger partial charge on any atom is -0.492 e. The molecule has 1 aromatic carbocycles. The van der Waals surface area contributed by atoms with Gasteiger partial charge in [0.05, 0.1) is 12.5 Å². The van der Waals surface area contributed by atoms with E-state index < -0.39 is 5.97 Å². The fourth-order valence-corrected chi connectivity index (χ4v) is 2.25. The van der Waals surface area contributed by atoms with Crippen LogP contribution in [-0.4, -0.2) is 28.9 Å². The minimum atomic E-state index is -0.797. The number of ether oxygens (including phenoxy) is 1. The molecule has 2 atom stereocenters. The van der Waals surface area contributed by atoms with Crippen LogP contribution >= 0.6 is 9.39 Å². The lowest BCUT2D eigenvalue weighted by Crippen LogP contribution is -2.22. The van der Waals surface area contributed by atoms with Gasteiger partial charge in [-0.25, -0.2) is 0 Å². The molecule has 0 fully saturated rings. The first-order valence-electron chi connectivity index (χ1n) is 5.13. The predicted octanol–water partition coefficient (Wildman–Crippen LogP) is 1.69. The first-order chi connectivity index (χ1) is 7.68. The quantitative estimate of drug-likeness (QED) is 0.798. The van der Waals surface area contributed by atoms with E-state index in [-0.39, 0.29) is 12.5 Å². The van der Waals surface area contributed by atoms with Gasteiger partial charge in [-0.05, 0) is 6.07 Å². The standard InChI is InChI=1S/C11H14NO3P/c13-11(14)7-9-8-3-1-2-4-10(8)15-6-5-12(9)16/h1-4,9H,5-7,16H2,(H,13,14). The number of nitrogens with zero attached hydrogens (tertiary/aromatic N) is 1. The Morgan fingerprint density at radius 1 is 1.56 bits per heavy atom. The molecular weight excluding hydrogens is 225 g/mol. The molecule has 2 unspecified atom stereocenters. The van der Waals surface area contributed by atoms with Crippen molar-refractivity contribution in [2.75, 3.05) is 13.2 Å². The molecular formula is C11H14NO3P. The van der Waals surface area contributed by atoms with Gasteiger partial charge in [-0.15, -0.1) is 0 Å². The average molecular weight is 239 g/mol. The Morgan fingerprint density at radius 2 is 2.31 bits per heavy atom. The van der Waals surface area contributed by atoms with Crippen molar-refractivity contribution in [3.8, 4) is 5.75 Å². The molecule has 0 radical (unpaired) electrons. The lowest BCUT2D eigenvalue weighted by molar-refractivity contribution is -0.138. The minimum absolute atomic E-state index is 0.0872. The van der Waals surface area contributed by atoms with E-state index in [1.54, 1.807) is 0 Å². The third-order valence-electron chi connectivity index (χ3n) is 2.65. The second-order valence-corrected chi connectivity index (χ2v) is 4.40. The zero-order valence-electron chi connectivity index (χ0n) is 8.80. The third kappa shape index (κ3) is 2.34. The maximum Gasteiger partial charge on any atom is 0.305 e. The van der Waals surface area contributed by atoms with Crippen LogP contribution in [0.4, 0.5) is 0 Å². The van der Waals surface area contributed by atoms with Crippen LogP contribution in [-0.2, 0) is 4.79 Å². The summed E-state index contributed by atoms with van der Waals surface area (Å²) in [4.78, 5) is 10.9.